The van der Waals surface area contributed by atoms with E-state index in [9.17, 15) is 4.79 Å². The van der Waals surface area contributed by atoms with Gasteiger partial charge in [-0.1, -0.05) is 41.9 Å². The van der Waals surface area contributed by atoms with Gasteiger partial charge in [-0.3, -0.25) is 9.78 Å². The zero-order valence-electron chi connectivity index (χ0n) is 10.2. The van der Waals surface area contributed by atoms with Gasteiger partial charge in [0.1, 0.15) is 0 Å². The number of carbonyl (C=O) groups is 1. The van der Waals surface area contributed by atoms with Crippen molar-refractivity contribution in [1.82, 2.24) is 4.98 Å². The summed E-state index contributed by atoms with van der Waals surface area (Å²) in [7, 11) is 0. The van der Waals surface area contributed by atoms with E-state index >= 15 is 0 Å². The Labute approximate surface area is 116 Å². The summed E-state index contributed by atoms with van der Waals surface area (Å²) >= 11 is 5.83. The Morgan fingerprint density at radius 3 is 2.79 bits per heavy atom. The molecule has 96 valence electrons. The van der Waals surface area contributed by atoms with Crippen LogP contribution in [0.2, 0.25) is 5.02 Å². The van der Waals surface area contributed by atoms with E-state index < -0.39 is 0 Å². The monoisotopic (exact) mass is 272 g/mol. The molecular formula is C15H13ClN2O. The van der Waals surface area contributed by atoms with Crippen LogP contribution in [0.15, 0.2) is 48.8 Å². The molecule has 0 spiro atoms. The predicted octanol–water partition coefficient (Wildman–Crippen LogP) is 3.48. The second-order valence-corrected chi connectivity index (χ2v) is 5.18. The third kappa shape index (κ3) is 2.76. The van der Waals surface area contributed by atoms with Crippen molar-refractivity contribution in [2.24, 2.45) is 5.92 Å². The minimum Gasteiger partial charge on any atom is -0.324 e. The van der Waals surface area contributed by atoms with Gasteiger partial charge in [-0.15, -0.1) is 0 Å². The van der Waals surface area contributed by atoms with Crippen molar-refractivity contribution >= 4 is 23.2 Å². The maximum Gasteiger partial charge on any atom is 0.228 e. The van der Waals surface area contributed by atoms with E-state index in [-0.39, 0.29) is 11.8 Å². The third-order valence-electron chi connectivity index (χ3n) is 3.33. The van der Waals surface area contributed by atoms with Crippen LogP contribution in [0.1, 0.15) is 17.9 Å². The van der Waals surface area contributed by atoms with E-state index in [2.05, 4.69) is 22.4 Å². The maximum atomic E-state index is 12.1. The fourth-order valence-electron chi connectivity index (χ4n) is 2.27. The second-order valence-electron chi connectivity index (χ2n) is 4.74. The van der Waals surface area contributed by atoms with Gasteiger partial charge in [0.15, 0.2) is 0 Å². The van der Waals surface area contributed by atoms with Gasteiger partial charge in [-0.2, -0.15) is 0 Å². The first kappa shape index (κ1) is 12.2. The number of hydrogen-bond acceptors (Lipinski definition) is 2. The highest BCUT2D eigenvalue weighted by molar-refractivity contribution is 6.30. The molecule has 1 aliphatic carbocycles. The van der Waals surface area contributed by atoms with Crippen molar-refractivity contribution in [3.8, 4) is 0 Å². The summed E-state index contributed by atoms with van der Waals surface area (Å²) in [6, 6.07) is 11.8. The topological polar surface area (TPSA) is 42.0 Å². The van der Waals surface area contributed by atoms with Gasteiger partial charge in [-0.25, -0.2) is 0 Å². The summed E-state index contributed by atoms with van der Waals surface area (Å²) in [5.74, 6) is 0.438. The number of nitrogens with zero attached hydrogens (tertiary/aromatic N) is 1. The minimum atomic E-state index is 0.0397. The van der Waals surface area contributed by atoms with Crippen LogP contribution < -0.4 is 5.32 Å². The van der Waals surface area contributed by atoms with Crippen LogP contribution in [0.25, 0.3) is 0 Å². The lowest BCUT2D eigenvalue weighted by atomic mass is 10.1. The molecule has 1 aromatic heterocycles. The molecule has 1 heterocycles. The molecule has 2 aromatic rings. The van der Waals surface area contributed by atoms with Gasteiger partial charge in [0.05, 0.1) is 16.9 Å². The Morgan fingerprint density at radius 2 is 2.05 bits per heavy atom. The second kappa shape index (κ2) is 5.02. The van der Waals surface area contributed by atoms with Crippen LogP contribution in [0.3, 0.4) is 0 Å². The highest BCUT2D eigenvalue weighted by Gasteiger charge is 2.43. The summed E-state index contributed by atoms with van der Waals surface area (Å²) in [5, 5.41) is 3.38. The average Bonchev–Trinajstić information content (AvgIpc) is 3.20. The Balaban J connectivity index is 1.64. The van der Waals surface area contributed by atoms with Crippen molar-refractivity contribution in [3.63, 3.8) is 0 Å². The fraction of sp³-hybridized carbons (Fsp3) is 0.200. The standard InChI is InChI=1S/C15H13ClN2O/c16-11-6-12(9-17-8-11)18-15(19)14-7-13(14)10-4-2-1-3-5-10/h1-6,8-9,13-14H,7H2,(H,18,19)/t13-,14-/m1/s1. The Hall–Kier alpha value is -1.87. The molecule has 1 saturated carbocycles. The fourth-order valence-corrected chi connectivity index (χ4v) is 2.44. The van der Waals surface area contributed by atoms with Crippen molar-refractivity contribution in [2.75, 3.05) is 5.32 Å². The van der Waals surface area contributed by atoms with E-state index in [0.29, 0.717) is 16.6 Å². The minimum absolute atomic E-state index is 0.0397. The van der Waals surface area contributed by atoms with Gasteiger partial charge >= 0.3 is 0 Å². The Bertz CT molecular complexity index is 600. The molecule has 4 heteroatoms. The number of rotatable bonds is 3. The molecule has 2 atom stereocenters. The molecule has 0 unspecified atom stereocenters. The lowest BCUT2D eigenvalue weighted by molar-refractivity contribution is -0.117. The van der Waals surface area contributed by atoms with Gasteiger partial charge in [0, 0.05) is 12.1 Å². The predicted molar refractivity (Wildman–Crippen MR) is 75.2 cm³/mol. The number of aromatic nitrogens is 1. The van der Waals surface area contributed by atoms with Crippen LogP contribution in [0, 0.1) is 5.92 Å². The highest BCUT2D eigenvalue weighted by Crippen LogP contribution is 2.47. The Kier molecular flexibility index (Phi) is 3.22. The maximum absolute atomic E-state index is 12.1. The Morgan fingerprint density at radius 1 is 1.26 bits per heavy atom. The molecule has 1 aliphatic rings. The zero-order valence-corrected chi connectivity index (χ0v) is 11.0. The summed E-state index contributed by atoms with van der Waals surface area (Å²) < 4.78 is 0. The molecule has 1 amide bonds. The van der Waals surface area contributed by atoms with Crippen molar-refractivity contribution < 1.29 is 4.79 Å². The molecule has 0 bridgehead atoms. The van der Waals surface area contributed by atoms with Crippen LogP contribution in [0.4, 0.5) is 5.69 Å². The number of pyridine rings is 1. The van der Waals surface area contributed by atoms with Crippen molar-refractivity contribution in [1.29, 1.82) is 0 Å². The quantitative estimate of drug-likeness (QED) is 0.929. The number of anilines is 1. The largest absolute Gasteiger partial charge is 0.324 e. The number of benzene rings is 1. The smallest absolute Gasteiger partial charge is 0.228 e. The number of carbonyl (C=O) groups excluding carboxylic acids is 1. The molecule has 1 fully saturated rings. The van der Waals surface area contributed by atoms with Gasteiger partial charge in [0.2, 0.25) is 5.91 Å². The number of nitrogens with one attached hydrogen (secondary N) is 1. The first-order valence-electron chi connectivity index (χ1n) is 6.20. The summed E-state index contributed by atoms with van der Waals surface area (Å²) in [6.45, 7) is 0. The van der Waals surface area contributed by atoms with Crippen molar-refractivity contribution in [3.05, 3.63) is 59.4 Å². The first-order valence-corrected chi connectivity index (χ1v) is 6.58. The molecule has 1 N–H and O–H groups in total. The van der Waals surface area contributed by atoms with Crippen molar-refractivity contribution in [2.45, 2.75) is 12.3 Å². The summed E-state index contributed by atoms with van der Waals surface area (Å²) in [6.07, 6.45) is 4.05. The molecular weight excluding hydrogens is 260 g/mol. The highest BCUT2D eigenvalue weighted by atomic mass is 35.5. The van der Waals surface area contributed by atoms with E-state index in [4.69, 9.17) is 11.6 Å². The molecule has 0 aliphatic heterocycles. The van der Waals surface area contributed by atoms with E-state index in [0.717, 1.165) is 6.42 Å². The number of halogens is 1. The lowest BCUT2D eigenvalue weighted by Crippen LogP contribution is -2.14. The first-order chi connectivity index (χ1) is 9.24. The molecule has 1 aromatic carbocycles. The van der Waals surface area contributed by atoms with Gasteiger partial charge < -0.3 is 5.32 Å². The SMILES string of the molecule is O=C(Nc1cncc(Cl)c1)[C@@H]1C[C@@H]1c1ccccc1. The normalized spacial score (nSPS) is 20.9. The van der Waals surface area contributed by atoms with E-state index in [1.54, 1.807) is 18.5 Å². The van der Waals surface area contributed by atoms with Gasteiger partial charge in [0.25, 0.3) is 0 Å². The zero-order chi connectivity index (χ0) is 13.2. The number of amides is 1. The van der Waals surface area contributed by atoms with Gasteiger partial charge in [-0.05, 0) is 24.0 Å². The molecule has 19 heavy (non-hydrogen) atoms. The third-order valence-corrected chi connectivity index (χ3v) is 3.53. The molecule has 0 radical (unpaired) electrons. The molecule has 3 rings (SSSR count). The number of hydrogen-bond donors (Lipinski definition) is 1. The molecule has 3 nitrogen and oxygen atoms in total. The van der Waals surface area contributed by atoms with E-state index in [1.165, 1.54) is 5.56 Å². The van der Waals surface area contributed by atoms with Crippen LogP contribution in [-0.4, -0.2) is 10.9 Å². The van der Waals surface area contributed by atoms with Crippen LogP contribution in [0.5, 0.6) is 0 Å². The summed E-state index contributed by atoms with van der Waals surface area (Å²) in [5.41, 5.74) is 1.88. The van der Waals surface area contributed by atoms with E-state index in [1.807, 2.05) is 18.2 Å². The van der Waals surface area contributed by atoms with Crippen LogP contribution in [-0.2, 0) is 4.79 Å². The summed E-state index contributed by atoms with van der Waals surface area (Å²) in [4.78, 5) is 16.0. The molecule has 0 saturated heterocycles. The van der Waals surface area contributed by atoms with Crippen LogP contribution >= 0.6 is 11.6 Å². The average molecular weight is 273 g/mol. The lowest BCUT2D eigenvalue weighted by Gasteiger charge is -2.04.